The molecule has 24 heavy (non-hydrogen) atoms. The van der Waals surface area contributed by atoms with Gasteiger partial charge in [-0.2, -0.15) is 0 Å². The Morgan fingerprint density at radius 3 is 2.67 bits per heavy atom. The predicted molar refractivity (Wildman–Crippen MR) is 92.7 cm³/mol. The largest absolute Gasteiger partial charge is 0.366 e. The van der Waals surface area contributed by atoms with E-state index in [1.165, 1.54) is 19.3 Å². The van der Waals surface area contributed by atoms with Gasteiger partial charge in [-0.1, -0.05) is 19.3 Å². The summed E-state index contributed by atoms with van der Waals surface area (Å²) in [6, 6.07) is 5.87. The summed E-state index contributed by atoms with van der Waals surface area (Å²) in [7, 11) is 0. The van der Waals surface area contributed by atoms with E-state index < -0.39 is 0 Å². The van der Waals surface area contributed by atoms with Crippen molar-refractivity contribution in [1.29, 1.82) is 0 Å². The highest BCUT2D eigenvalue weighted by Crippen LogP contribution is 2.18. The average Bonchev–Trinajstić information content (AvgIpc) is 2.61. The summed E-state index contributed by atoms with van der Waals surface area (Å²) in [5.74, 6) is 1.14. The van der Waals surface area contributed by atoms with E-state index in [1.54, 1.807) is 25.4 Å². The number of hydrogen-bond acceptors (Lipinski definition) is 5. The second-order valence-corrected chi connectivity index (χ2v) is 6.20. The Morgan fingerprint density at radius 1 is 1.17 bits per heavy atom. The topological polar surface area (TPSA) is 79.8 Å². The molecule has 2 aromatic rings. The van der Waals surface area contributed by atoms with Crippen molar-refractivity contribution in [2.45, 2.75) is 51.6 Å². The fraction of sp³-hybridized carbons (Fsp3) is 0.444. The zero-order valence-electron chi connectivity index (χ0n) is 14.0. The number of carbonyl (C=O) groups is 1. The molecule has 2 N–H and O–H groups in total. The lowest BCUT2D eigenvalue weighted by Gasteiger charge is -2.22. The van der Waals surface area contributed by atoms with Gasteiger partial charge in [-0.3, -0.25) is 9.78 Å². The quantitative estimate of drug-likeness (QED) is 0.883. The van der Waals surface area contributed by atoms with Crippen molar-refractivity contribution >= 4 is 11.7 Å². The van der Waals surface area contributed by atoms with E-state index in [0.717, 1.165) is 18.4 Å². The van der Waals surface area contributed by atoms with E-state index in [0.29, 0.717) is 23.9 Å². The van der Waals surface area contributed by atoms with Crippen LogP contribution in [0, 0.1) is 6.92 Å². The Labute approximate surface area is 142 Å². The standard InChI is InChI=1S/C18H23N5O/c1-13-21-16(18(24)23-15-5-3-2-4-6-15)11-17(22-13)20-12-14-7-9-19-10-8-14/h7-11,15H,2-6,12H2,1H3,(H,23,24)(H,20,21,22). The molecule has 0 radical (unpaired) electrons. The second-order valence-electron chi connectivity index (χ2n) is 6.20. The highest BCUT2D eigenvalue weighted by Gasteiger charge is 2.18. The Bertz CT molecular complexity index is 683. The van der Waals surface area contributed by atoms with Crippen LogP contribution in [0.3, 0.4) is 0 Å². The molecule has 0 aliphatic heterocycles. The number of rotatable bonds is 5. The monoisotopic (exact) mass is 325 g/mol. The third kappa shape index (κ3) is 4.50. The summed E-state index contributed by atoms with van der Waals surface area (Å²) in [5.41, 5.74) is 1.53. The molecule has 0 bridgehead atoms. The van der Waals surface area contributed by atoms with Gasteiger partial charge in [0.25, 0.3) is 5.91 Å². The molecule has 0 spiro atoms. The molecular formula is C18H23N5O. The van der Waals surface area contributed by atoms with E-state index in [2.05, 4.69) is 25.6 Å². The predicted octanol–water partition coefficient (Wildman–Crippen LogP) is 2.85. The van der Waals surface area contributed by atoms with Crippen LogP contribution < -0.4 is 10.6 Å². The van der Waals surface area contributed by atoms with Crippen molar-refractivity contribution in [2.75, 3.05) is 5.32 Å². The normalized spacial score (nSPS) is 15.0. The number of aromatic nitrogens is 3. The van der Waals surface area contributed by atoms with Crippen molar-refractivity contribution in [2.24, 2.45) is 0 Å². The number of nitrogens with zero attached hydrogens (tertiary/aromatic N) is 3. The van der Waals surface area contributed by atoms with Crippen LogP contribution in [0.2, 0.25) is 0 Å². The highest BCUT2D eigenvalue weighted by molar-refractivity contribution is 5.93. The fourth-order valence-electron chi connectivity index (χ4n) is 2.97. The van der Waals surface area contributed by atoms with E-state index in [-0.39, 0.29) is 11.9 Å². The number of aryl methyl sites for hydroxylation is 1. The van der Waals surface area contributed by atoms with Gasteiger partial charge in [0.05, 0.1) is 0 Å². The van der Waals surface area contributed by atoms with E-state index in [1.807, 2.05) is 12.1 Å². The van der Waals surface area contributed by atoms with E-state index in [9.17, 15) is 4.79 Å². The molecule has 6 heteroatoms. The number of amides is 1. The van der Waals surface area contributed by atoms with E-state index >= 15 is 0 Å². The first-order valence-corrected chi connectivity index (χ1v) is 8.50. The lowest BCUT2D eigenvalue weighted by atomic mass is 9.95. The Morgan fingerprint density at radius 2 is 1.92 bits per heavy atom. The van der Waals surface area contributed by atoms with Gasteiger partial charge in [-0.25, -0.2) is 9.97 Å². The van der Waals surface area contributed by atoms with E-state index in [4.69, 9.17) is 0 Å². The molecule has 3 rings (SSSR count). The average molecular weight is 325 g/mol. The van der Waals surface area contributed by atoms with Crippen LogP contribution in [-0.2, 0) is 6.54 Å². The number of carbonyl (C=O) groups excluding carboxylic acids is 1. The first-order valence-electron chi connectivity index (χ1n) is 8.50. The molecule has 1 aliphatic carbocycles. The first kappa shape index (κ1) is 16.4. The molecule has 1 fully saturated rings. The Hall–Kier alpha value is -2.50. The van der Waals surface area contributed by atoms with Gasteiger partial charge in [-0.05, 0) is 37.5 Å². The molecule has 2 heterocycles. The maximum atomic E-state index is 12.5. The van der Waals surface area contributed by atoms with Crippen LogP contribution in [0.4, 0.5) is 5.82 Å². The van der Waals surface area contributed by atoms with Gasteiger partial charge in [0.1, 0.15) is 17.3 Å². The van der Waals surface area contributed by atoms with Gasteiger partial charge < -0.3 is 10.6 Å². The maximum absolute atomic E-state index is 12.5. The van der Waals surface area contributed by atoms with Crippen molar-refractivity contribution in [3.8, 4) is 0 Å². The fourth-order valence-corrected chi connectivity index (χ4v) is 2.97. The Balaban J connectivity index is 1.65. The lowest BCUT2D eigenvalue weighted by molar-refractivity contribution is 0.0922. The summed E-state index contributed by atoms with van der Waals surface area (Å²) in [6.07, 6.45) is 9.27. The molecule has 6 nitrogen and oxygen atoms in total. The number of anilines is 1. The zero-order valence-corrected chi connectivity index (χ0v) is 14.0. The van der Waals surface area contributed by atoms with Gasteiger partial charge in [0.2, 0.25) is 0 Å². The van der Waals surface area contributed by atoms with Crippen LogP contribution >= 0.6 is 0 Å². The number of pyridine rings is 1. The molecule has 1 amide bonds. The zero-order chi connectivity index (χ0) is 16.8. The molecule has 1 saturated carbocycles. The summed E-state index contributed by atoms with van der Waals surface area (Å²) >= 11 is 0. The minimum Gasteiger partial charge on any atom is -0.366 e. The smallest absolute Gasteiger partial charge is 0.270 e. The molecule has 0 saturated heterocycles. The van der Waals surface area contributed by atoms with Crippen molar-refractivity contribution < 1.29 is 4.79 Å². The molecular weight excluding hydrogens is 302 g/mol. The molecule has 1 aliphatic rings. The minimum absolute atomic E-state index is 0.112. The number of nitrogens with one attached hydrogen (secondary N) is 2. The lowest BCUT2D eigenvalue weighted by Crippen LogP contribution is -2.36. The second kappa shape index (κ2) is 7.86. The number of hydrogen-bond donors (Lipinski definition) is 2. The van der Waals surface area contributed by atoms with Crippen molar-refractivity contribution in [3.63, 3.8) is 0 Å². The summed E-state index contributed by atoms with van der Waals surface area (Å²) in [4.78, 5) is 25.1. The third-order valence-corrected chi connectivity index (χ3v) is 4.23. The SMILES string of the molecule is Cc1nc(NCc2ccncc2)cc(C(=O)NC2CCCCC2)n1. The molecule has 2 aromatic heterocycles. The Kier molecular flexibility index (Phi) is 5.36. The van der Waals surface area contributed by atoms with Crippen LogP contribution in [0.1, 0.15) is 54.0 Å². The maximum Gasteiger partial charge on any atom is 0.270 e. The molecule has 126 valence electrons. The minimum atomic E-state index is -0.112. The van der Waals surface area contributed by atoms with Crippen LogP contribution in [0.25, 0.3) is 0 Å². The van der Waals surface area contributed by atoms with Gasteiger partial charge >= 0.3 is 0 Å². The van der Waals surface area contributed by atoms with Gasteiger partial charge in [0.15, 0.2) is 0 Å². The van der Waals surface area contributed by atoms with Gasteiger partial charge in [-0.15, -0.1) is 0 Å². The molecule has 0 atom stereocenters. The van der Waals surface area contributed by atoms with Crippen LogP contribution in [-0.4, -0.2) is 26.9 Å². The van der Waals surface area contributed by atoms with Crippen molar-refractivity contribution in [3.05, 3.63) is 47.7 Å². The molecule has 0 unspecified atom stereocenters. The highest BCUT2D eigenvalue weighted by atomic mass is 16.1. The first-order chi connectivity index (χ1) is 11.7. The van der Waals surface area contributed by atoms with Crippen LogP contribution in [0.5, 0.6) is 0 Å². The molecule has 0 aromatic carbocycles. The van der Waals surface area contributed by atoms with Crippen molar-refractivity contribution in [1.82, 2.24) is 20.3 Å². The summed E-state index contributed by atoms with van der Waals surface area (Å²) in [6.45, 7) is 2.43. The summed E-state index contributed by atoms with van der Waals surface area (Å²) in [5, 5.41) is 6.34. The van der Waals surface area contributed by atoms with Gasteiger partial charge in [0, 0.05) is 31.0 Å². The third-order valence-electron chi connectivity index (χ3n) is 4.23. The van der Waals surface area contributed by atoms with Crippen LogP contribution in [0.15, 0.2) is 30.6 Å². The summed E-state index contributed by atoms with van der Waals surface area (Å²) < 4.78 is 0.